The topological polar surface area (TPSA) is 26.3 Å². The van der Waals surface area contributed by atoms with Crippen LogP contribution >= 0.6 is 11.6 Å². The normalized spacial score (nSPS) is 20.9. The first kappa shape index (κ1) is 14.9. The summed E-state index contributed by atoms with van der Waals surface area (Å²) in [4.78, 5) is 11.6. The van der Waals surface area contributed by atoms with Crippen molar-refractivity contribution in [2.24, 2.45) is 0 Å². The van der Waals surface area contributed by atoms with Crippen LogP contribution in [-0.4, -0.2) is 19.3 Å². The van der Waals surface area contributed by atoms with Gasteiger partial charge >= 0.3 is 0 Å². The van der Waals surface area contributed by atoms with E-state index in [1.165, 1.54) is 0 Å². The standard InChI is InChI=1S/C17H19ClO2/c1-20-16-8-7-15(12-14(16)6-5-11-18)17(13-19)9-3-2-4-10-17/h2-4,7-9,12-13H,5-6,10-11H2,1H3. The molecule has 1 unspecified atom stereocenters. The first-order valence-electron chi connectivity index (χ1n) is 6.80. The van der Waals surface area contributed by atoms with Gasteiger partial charge in [-0.2, -0.15) is 0 Å². The Morgan fingerprint density at radius 2 is 2.25 bits per heavy atom. The third-order valence-corrected chi connectivity index (χ3v) is 3.97. The molecule has 0 saturated carbocycles. The van der Waals surface area contributed by atoms with Gasteiger partial charge in [-0.05, 0) is 36.5 Å². The smallest absolute Gasteiger partial charge is 0.134 e. The van der Waals surface area contributed by atoms with Gasteiger partial charge in [0.2, 0.25) is 0 Å². The van der Waals surface area contributed by atoms with Crippen molar-refractivity contribution in [3.63, 3.8) is 0 Å². The molecule has 1 aromatic carbocycles. The highest BCUT2D eigenvalue weighted by Gasteiger charge is 2.29. The molecule has 1 aliphatic carbocycles. The summed E-state index contributed by atoms with van der Waals surface area (Å²) in [5.41, 5.74) is 1.57. The summed E-state index contributed by atoms with van der Waals surface area (Å²) >= 11 is 5.77. The second-order valence-corrected chi connectivity index (χ2v) is 5.35. The Labute approximate surface area is 125 Å². The molecule has 1 aromatic rings. The predicted molar refractivity (Wildman–Crippen MR) is 82.7 cm³/mol. The number of methoxy groups -OCH3 is 1. The van der Waals surface area contributed by atoms with E-state index in [-0.39, 0.29) is 0 Å². The molecule has 0 fully saturated rings. The monoisotopic (exact) mass is 290 g/mol. The Balaban J connectivity index is 2.38. The summed E-state index contributed by atoms with van der Waals surface area (Å²) in [5.74, 6) is 1.48. The summed E-state index contributed by atoms with van der Waals surface area (Å²) in [5, 5.41) is 0. The average Bonchev–Trinajstić information content (AvgIpc) is 2.53. The minimum atomic E-state index is -0.545. The minimum Gasteiger partial charge on any atom is -0.496 e. The van der Waals surface area contributed by atoms with Crippen LogP contribution < -0.4 is 4.74 Å². The molecule has 2 nitrogen and oxygen atoms in total. The molecule has 0 aliphatic heterocycles. The number of benzene rings is 1. The van der Waals surface area contributed by atoms with Crippen LogP contribution in [0.3, 0.4) is 0 Å². The summed E-state index contributed by atoms with van der Waals surface area (Å²) < 4.78 is 5.39. The van der Waals surface area contributed by atoms with Crippen LogP contribution in [0.1, 0.15) is 24.0 Å². The number of hydrogen-bond acceptors (Lipinski definition) is 2. The molecule has 0 spiro atoms. The molecule has 3 heteroatoms. The largest absolute Gasteiger partial charge is 0.496 e. The van der Waals surface area contributed by atoms with Gasteiger partial charge in [0, 0.05) is 5.88 Å². The van der Waals surface area contributed by atoms with Crippen LogP contribution in [0.5, 0.6) is 5.75 Å². The van der Waals surface area contributed by atoms with Crippen LogP contribution in [0.25, 0.3) is 0 Å². The molecule has 20 heavy (non-hydrogen) atoms. The van der Waals surface area contributed by atoms with Gasteiger partial charge in [0.15, 0.2) is 0 Å². The van der Waals surface area contributed by atoms with E-state index in [1.54, 1.807) is 7.11 Å². The van der Waals surface area contributed by atoms with Gasteiger partial charge in [-0.25, -0.2) is 0 Å². The fourth-order valence-corrected chi connectivity index (χ4v) is 2.66. The number of aryl methyl sites for hydroxylation is 1. The second kappa shape index (κ2) is 6.76. The maximum atomic E-state index is 11.6. The van der Waals surface area contributed by atoms with Crippen LogP contribution in [-0.2, 0) is 16.6 Å². The fraction of sp³-hybridized carbons (Fsp3) is 0.353. The molecule has 0 bridgehead atoms. The molecular formula is C17H19ClO2. The lowest BCUT2D eigenvalue weighted by atomic mass is 9.76. The second-order valence-electron chi connectivity index (χ2n) is 4.97. The van der Waals surface area contributed by atoms with E-state index in [9.17, 15) is 4.79 Å². The Kier molecular flexibility index (Phi) is 5.02. The van der Waals surface area contributed by atoms with Gasteiger partial charge < -0.3 is 9.53 Å². The lowest BCUT2D eigenvalue weighted by Gasteiger charge is -2.26. The van der Waals surface area contributed by atoms with Gasteiger partial charge in [-0.1, -0.05) is 36.4 Å². The van der Waals surface area contributed by atoms with Gasteiger partial charge in [0.05, 0.1) is 12.5 Å². The first-order valence-corrected chi connectivity index (χ1v) is 7.33. The molecule has 0 amide bonds. The zero-order valence-corrected chi connectivity index (χ0v) is 12.4. The molecule has 2 rings (SSSR count). The van der Waals surface area contributed by atoms with E-state index in [0.29, 0.717) is 12.3 Å². The van der Waals surface area contributed by atoms with Gasteiger partial charge in [0.25, 0.3) is 0 Å². The molecule has 0 saturated heterocycles. The maximum Gasteiger partial charge on any atom is 0.134 e. The van der Waals surface area contributed by atoms with Crippen molar-refractivity contribution in [1.29, 1.82) is 0 Å². The molecule has 1 atom stereocenters. The Morgan fingerprint density at radius 3 is 2.85 bits per heavy atom. The van der Waals surface area contributed by atoms with Gasteiger partial charge in [0.1, 0.15) is 12.0 Å². The molecular weight excluding hydrogens is 272 g/mol. The van der Waals surface area contributed by atoms with Gasteiger partial charge in [-0.3, -0.25) is 0 Å². The minimum absolute atomic E-state index is 0.545. The highest BCUT2D eigenvalue weighted by molar-refractivity contribution is 6.17. The van der Waals surface area contributed by atoms with Crippen LogP contribution in [0.4, 0.5) is 0 Å². The maximum absolute atomic E-state index is 11.6. The predicted octanol–water partition coefficient (Wildman–Crippen LogP) is 3.82. The molecule has 0 heterocycles. The number of halogens is 1. The molecule has 0 radical (unpaired) electrons. The fourth-order valence-electron chi connectivity index (χ4n) is 2.53. The summed E-state index contributed by atoms with van der Waals surface area (Å²) in [7, 11) is 1.66. The van der Waals surface area contributed by atoms with E-state index in [2.05, 4.69) is 6.07 Å². The Bertz CT molecular complexity index is 534. The number of rotatable bonds is 6. The number of allylic oxidation sites excluding steroid dienone is 4. The number of ether oxygens (including phenoxy) is 1. The quantitative estimate of drug-likeness (QED) is 0.588. The lowest BCUT2D eigenvalue weighted by molar-refractivity contribution is -0.111. The number of aldehydes is 1. The molecule has 106 valence electrons. The van der Waals surface area contributed by atoms with Crippen molar-refractivity contribution in [3.8, 4) is 5.75 Å². The Hall–Kier alpha value is -1.54. The van der Waals surface area contributed by atoms with Gasteiger partial charge in [-0.15, -0.1) is 11.6 Å². The van der Waals surface area contributed by atoms with E-state index in [1.807, 2.05) is 36.4 Å². The Morgan fingerprint density at radius 1 is 1.40 bits per heavy atom. The van der Waals surface area contributed by atoms with Crippen LogP contribution in [0.15, 0.2) is 42.5 Å². The van der Waals surface area contributed by atoms with E-state index >= 15 is 0 Å². The van der Waals surface area contributed by atoms with E-state index in [0.717, 1.165) is 36.0 Å². The first-order chi connectivity index (χ1) is 9.75. The highest BCUT2D eigenvalue weighted by Crippen LogP contribution is 2.34. The van der Waals surface area contributed by atoms with Crippen LogP contribution in [0.2, 0.25) is 0 Å². The van der Waals surface area contributed by atoms with Crippen molar-refractivity contribution in [1.82, 2.24) is 0 Å². The number of hydrogen-bond donors (Lipinski definition) is 0. The summed E-state index contributed by atoms with van der Waals surface area (Å²) in [6.07, 6.45) is 11.4. The van der Waals surface area contributed by atoms with E-state index < -0.39 is 5.41 Å². The molecule has 1 aliphatic rings. The summed E-state index contributed by atoms with van der Waals surface area (Å²) in [6.45, 7) is 0. The third kappa shape index (κ3) is 2.96. The van der Waals surface area contributed by atoms with Crippen LogP contribution in [0, 0.1) is 0 Å². The number of carbonyl (C=O) groups excluding carboxylic acids is 1. The third-order valence-electron chi connectivity index (χ3n) is 3.70. The molecule has 0 N–H and O–H groups in total. The number of carbonyl (C=O) groups is 1. The van der Waals surface area contributed by atoms with Crippen molar-refractivity contribution in [2.75, 3.05) is 13.0 Å². The van der Waals surface area contributed by atoms with E-state index in [4.69, 9.17) is 16.3 Å². The number of alkyl halides is 1. The van der Waals surface area contributed by atoms with Crippen molar-refractivity contribution in [2.45, 2.75) is 24.7 Å². The van der Waals surface area contributed by atoms with Crippen molar-refractivity contribution >= 4 is 17.9 Å². The molecule has 0 aromatic heterocycles. The van der Waals surface area contributed by atoms with Crippen molar-refractivity contribution in [3.05, 3.63) is 53.6 Å². The highest BCUT2D eigenvalue weighted by atomic mass is 35.5. The zero-order chi connectivity index (χ0) is 14.4. The zero-order valence-electron chi connectivity index (χ0n) is 11.6. The summed E-state index contributed by atoms with van der Waals surface area (Å²) in [6, 6.07) is 5.99. The van der Waals surface area contributed by atoms with Crippen molar-refractivity contribution < 1.29 is 9.53 Å². The SMILES string of the molecule is COc1ccc(C2(C=O)C=CC=CC2)cc1CCCCl. The average molecular weight is 291 g/mol. The lowest BCUT2D eigenvalue weighted by Crippen LogP contribution is -2.26.